The number of rotatable bonds is 7. The summed E-state index contributed by atoms with van der Waals surface area (Å²) >= 11 is 8.03. The molecule has 1 aliphatic heterocycles. The van der Waals surface area contributed by atoms with Gasteiger partial charge in [-0.15, -0.1) is 11.8 Å². The maximum atomic E-state index is 14.4. The van der Waals surface area contributed by atoms with Crippen LogP contribution in [0.3, 0.4) is 0 Å². The first-order valence-electron chi connectivity index (χ1n) is 12.4. The molecule has 0 spiro atoms. The molecule has 2 aromatic carbocycles. The highest BCUT2D eigenvalue weighted by atomic mass is 35.5. The van der Waals surface area contributed by atoms with Crippen molar-refractivity contribution in [2.45, 2.75) is 51.2 Å². The van der Waals surface area contributed by atoms with Crippen LogP contribution in [0, 0.1) is 5.82 Å². The second-order valence-electron chi connectivity index (χ2n) is 10.1. The SMILES string of the molecule is CCCCNC(=O)CN1C(=O)CSC(c2cccc(F)c2)c2c(C(C)(C)C)nn(-c3ccccc3Cl)c21. The van der Waals surface area contributed by atoms with Crippen molar-refractivity contribution < 1.29 is 14.0 Å². The molecule has 0 bridgehead atoms. The topological polar surface area (TPSA) is 67.2 Å². The summed E-state index contributed by atoms with van der Waals surface area (Å²) in [4.78, 5) is 28.1. The van der Waals surface area contributed by atoms with Crippen molar-refractivity contribution in [2.75, 3.05) is 23.7 Å². The van der Waals surface area contributed by atoms with Gasteiger partial charge in [0.2, 0.25) is 11.8 Å². The zero-order valence-electron chi connectivity index (χ0n) is 21.6. The molecule has 9 heteroatoms. The molecule has 0 radical (unpaired) electrons. The largest absolute Gasteiger partial charge is 0.355 e. The zero-order valence-corrected chi connectivity index (χ0v) is 23.1. The number of fused-ring (bicyclic) bond motifs is 1. The van der Waals surface area contributed by atoms with E-state index >= 15 is 0 Å². The van der Waals surface area contributed by atoms with Gasteiger partial charge in [0, 0.05) is 17.5 Å². The number of hydrogen-bond donors (Lipinski definition) is 1. The molecule has 1 unspecified atom stereocenters. The summed E-state index contributed by atoms with van der Waals surface area (Å²) in [6.45, 7) is 8.60. The number of amides is 2. The molecule has 0 saturated carbocycles. The van der Waals surface area contributed by atoms with E-state index < -0.39 is 5.41 Å². The molecule has 1 aliphatic rings. The first-order chi connectivity index (χ1) is 17.6. The molecular formula is C28H32ClFN4O2S. The molecule has 6 nitrogen and oxygen atoms in total. The zero-order chi connectivity index (χ0) is 26.7. The predicted octanol–water partition coefficient (Wildman–Crippen LogP) is 6.05. The molecule has 37 heavy (non-hydrogen) atoms. The van der Waals surface area contributed by atoms with Crippen LogP contribution in [-0.4, -0.2) is 40.4 Å². The lowest BCUT2D eigenvalue weighted by molar-refractivity contribution is -0.122. The summed E-state index contributed by atoms with van der Waals surface area (Å²) in [5, 5.41) is 8.01. The minimum absolute atomic E-state index is 0.129. The number of carbonyl (C=O) groups excluding carboxylic acids is 2. The van der Waals surface area contributed by atoms with E-state index in [1.807, 2.05) is 45.0 Å². The number of benzene rings is 2. The number of halogens is 2. The van der Waals surface area contributed by atoms with Gasteiger partial charge in [0.1, 0.15) is 18.2 Å². The molecule has 196 valence electrons. The monoisotopic (exact) mass is 542 g/mol. The summed E-state index contributed by atoms with van der Waals surface area (Å²) in [6.07, 6.45) is 1.81. The third kappa shape index (κ3) is 5.85. The molecule has 1 N–H and O–H groups in total. The third-order valence-electron chi connectivity index (χ3n) is 6.19. The Morgan fingerprint density at radius 2 is 1.97 bits per heavy atom. The van der Waals surface area contributed by atoms with Crippen molar-refractivity contribution in [1.82, 2.24) is 15.1 Å². The second-order valence-corrected chi connectivity index (χ2v) is 11.6. The molecule has 0 aliphatic carbocycles. The van der Waals surface area contributed by atoms with Crippen molar-refractivity contribution in [3.8, 4) is 5.69 Å². The average Bonchev–Trinajstić information content (AvgIpc) is 3.17. The van der Waals surface area contributed by atoms with Gasteiger partial charge in [0.05, 0.1) is 27.4 Å². The highest BCUT2D eigenvalue weighted by Gasteiger charge is 2.40. The van der Waals surface area contributed by atoms with E-state index in [4.69, 9.17) is 16.7 Å². The van der Waals surface area contributed by atoms with E-state index in [1.165, 1.54) is 28.8 Å². The van der Waals surface area contributed by atoms with E-state index in [1.54, 1.807) is 16.8 Å². The number of thioether (sulfide) groups is 1. The Labute approximate surface area is 226 Å². The van der Waals surface area contributed by atoms with E-state index in [2.05, 4.69) is 12.2 Å². The van der Waals surface area contributed by atoms with E-state index in [-0.39, 0.29) is 35.2 Å². The first kappa shape index (κ1) is 27.2. The Hall–Kier alpha value is -2.84. The summed E-state index contributed by atoms with van der Waals surface area (Å²) in [6, 6.07) is 13.7. The highest BCUT2D eigenvalue weighted by Crippen LogP contribution is 2.48. The van der Waals surface area contributed by atoms with Crippen LogP contribution in [0.5, 0.6) is 0 Å². The molecule has 0 saturated heterocycles. The number of carbonyl (C=O) groups is 2. The van der Waals surface area contributed by atoms with E-state index in [0.29, 0.717) is 23.1 Å². The Kier molecular flexibility index (Phi) is 8.29. The van der Waals surface area contributed by atoms with Crippen LogP contribution in [0.4, 0.5) is 10.2 Å². The molecule has 1 atom stereocenters. The third-order valence-corrected chi connectivity index (χ3v) is 7.76. The number of hydrogen-bond acceptors (Lipinski definition) is 4. The van der Waals surface area contributed by atoms with Crippen LogP contribution >= 0.6 is 23.4 Å². The van der Waals surface area contributed by atoms with Gasteiger partial charge < -0.3 is 5.32 Å². The van der Waals surface area contributed by atoms with Gasteiger partial charge in [0.25, 0.3) is 0 Å². The fraction of sp³-hybridized carbons (Fsp3) is 0.393. The molecule has 1 aromatic heterocycles. The minimum atomic E-state index is -0.412. The summed E-state index contributed by atoms with van der Waals surface area (Å²) in [5.74, 6) is -0.189. The fourth-order valence-electron chi connectivity index (χ4n) is 4.40. The summed E-state index contributed by atoms with van der Waals surface area (Å²) in [7, 11) is 0. The van der Waals surface area contributed by atoms with Crippen molar-refractivity contribution in [2.24, 2.45) is 0 Å². The van der Waals surface area contributed by atoms with Crippen molar-refractivity contribution >= 4 is 41.0 Å². The van der Waals surface area contributed by atoms with E-state index in [9.17, 15) is 14.0 Å². The van der Waals surface area contributed by atoms with Gasteiger partial charge in [-0.05, 0) is 36.2 Å². The molecule has 2 heterocycles. The lowest BCUT2D eigenvalue weighted by Crippen LogP contribution is -2.42. The molecule has 4 rings (SSSR count). The Morgan fingerprint density at radius 1 is 1.22 bits per heavy atom. The Bertz CT molecular complexity index is 1300. The molecule has 2 amide bonds. The van der Waals surface area contributed by atoms with Crippen LogP contribution in [0.1, 0.15) is 62.6 Å². The maximum Gasteiger partial charge on any atom is 0.240 e. The van der Waals surface area contributed by atoms with Gasteiger partial charge in [-0.1, -0.05) is 70.0 Å². The Morgan fingerprint density at radius 3 is 2.65 bits per heavy atom. The number of nitrogens with one attached hydrogen (secondary N) is 1. The minimum Gasteiger partial charge on any atom is -0.355 e. The number of unbranched alkanes of at least 4 members (excludes halogenated alkanes) is 1. The van der Waals surface area contributed by atoms with Gasteiger partial charge in [-0.3, -0.25) is 14.5 Å². The van der Waals surface area contributed by atoms with Gasteiger partial charge in [0.15, 0.2) is 0 Å². The number of para-hydroxylation sites is 1. The Balaban J connectivity index is 1.97. The van der Waals surface area contributed by atoms with Crippen LogP contribution in [0.15, 0.2) is 48.5 Å². The van der Waals surface area contributed by atoms with Crippen LogP contribution in [0.25, 0.3) is 5.69 Å². The second kappa shape index (κ2) is 11.3. The maximum absolute atomic E-state index is 14.4. The van der Waals surface area contributed by atoms with Crippen LogP contribution in [0.2, 0.25) is 5.02 Å². The lowest BCUT2D eigenvalue weighted by Gasteiger charge is -2.24. The van der Waals surface area contributed by atoms with Gasteiger partial charge >= 0.3 is 0 Å². The number of anilines is 1. The number of aromatic nitrogens is 2. The molecular weight excluding hydrogens is 511 g/mol. The average molecular weight is 543 g/mol. The fourth-order valence-corrected chi connectivity index (χ4v) is 5.81. The lowest BCUT2D eigenvalue weighted by atomic mass is 9.87. The molecule has 0 fully saturated rings. The van der Waals surface area contributed by atoms with Gasteiger partial charge in [-0.2, -0.15) is 5.10 Å². The van der Waals surface area contributed by atoms with Crippen molar-refractivity contribution in [3.05, 3.63) is 76.2 Å². The quantitative estimate of drug-likeness (QED) is 0.369. The van der Waals surface area contributed by atoms with Crippen molar-refractivity contribution in [3.63, 3.8) is 0 Å². The first-order valence-corrected chi connectivity index (χ1v) is 13.9. The van der Waals surface area contributed by atoms with E-state index in [0.717, 1.165) is 29.7 Å². The summed E-state index contributed by atoms with van der Waals surface area (Å²) in [5.41, 5.74) is 2.47. The van der Waals surface area contributed by atoms with Crippen LogP contribution in [-0.2, 0) is 15.0 Å². The predicted molar refractivity (Wildman–Crippen MR) is 148 cm³/mol. The highest BCUT2D eigenvalue weighted by molar-refractivity contribution is 8.00. The normalized spacial score (nSPS) is 15.9. The molecule has 3 aromatic rings. The van der Waals surface area contributed by atoms with Gasteiger partial charge in [-0.25, -0.2) is 9.07 Å². The number of nitrogens with zero attached hydrogens (tertiary/aromatic N) is 3. The standard InChI is InChI=1S/C28H32ClFN4O2S/c1-5-6-14-31-22(35)16-33-23(36)17-37-25(18-10-9-11-19(30)15-18)24-26(28(2,3)4)32-34(27(24)33)21-13-8-7-12-20(21)29/h7-13,15,25H,5-6,14,16-17H2,1-4H3,(H,31,35). The smallest absolute Gasteiger partial charge is 0.240 e. The summed E-state index contributed by atoms with van der Waals surface area (Å²) < 4.78 is 16.0. The van der Waals surface area contributed by atoms with Crippen molar-refractivity contribution in [1.29, 1.82) is 0 Å². The van der Waals surface area contributed by atoms with Crippen LogP contribution < -0.4 is 10.2 Å².